The molecule has 6 heteroatoms. The maximum Gasteiger partial charge on any atom is 0.122 e. The van der Waals surface area contributed by atoms with E-state index >= 15 is 0 Å². The van der Waals surface area contributed by atoms with Crippen molar-refractivity contribution in [2.24, 2.45) is 0 Å². The minimum atomic E-state index is -0.390. The lowest BCUT2D eigenvalue weighted by molar-refractivity contribution is 0.261. The highest BCUT2D eigenvalue weighted by atomic mass is 16.6. The van der Waals surface area contributed by atoms with Crippen molar-refractivity contribution in [1.29, 1.82) is 0 Å². The van der Waals surface area contributed by atoms with Gasteiger partial charge < -0.3 is 28.4 Å². The van der Waals surface area contributed by atoms with Crippen molar-refractivity contribution in [1.82, 2.24) is 0 Å². The second-order valence-electron chi connectivity index (χ2n) is 9.95. The predicted molar refractivity (Wildman–Crippen MR) is 153 cm³/mol. The van der Waals surface area contributed by atoms with E-state index in [0.29, 0.717) is 19.8 Å². The van der Waals surface area contributed by atoms with Crippen LogP contribution in [0.25, 0.3) is 0 Å². The lowest BCUT2D eigenvalue weighted by Gasteiger charge is -2.32. The Morgan fingerprint density at radius 3 is 1.41 bits per heavy atom. The molecule has 0 radical (unpaired) electrons. The quantitative estimate of drug-likeness (QED) is 0.199. The average Bonchev–Trinajstić information content (AvgIpc) is 3.81. The molecule has 3 aliphatic heterocycles. The Morgan fingerprint density at radius 2 is 1.03 bits per heavy atom. The first-order valence-electron chi connectivity index (χ1n) is 13.6. The Kier molecular flexibility index (Phi) is 9.54. The van der Waals surface area contributed by atoms with E-state index in [1.807, 2.05) is 38.1 Å². The van der Waals surface area contributed by atoms with Crippen LogP contribution < -0.4 is 14.2 Å². The minimum absolute atomic E-state index is 0. The molecule has 6 rings (SSSR count). The average molecular weight is 535 g/mol. The van der Waals surface area contributed by atoms with Crippen LogP contribution >= 0.6 is 0 Å². The zero-order chi connectivity index (χ0) is 26.5. The standard InChI is InChI=1S/C30H32O6.C2H6.CH4/c1-20-13-23(7-12-29(20)36-19-28-18-35-28)30(2,21-3-8-24(9-4-21)31-14-26-16-33-26)22-5-10-25(11-6-22)32-15-27-17-34-27;1-2;/h3-13,26-28H,14-19H2,1-2H3;1-2H3;1H4. The molecule has 3 unspecified atom stereocenters. The summed E-state index contributed by atoms with van der Waals surface area (Å²) in [6, 6.07) is 23.3. The van der Waals surface area contributed by atoms with Crippen LogP contribution in [0.5, 0.6) is 17.2 Å². The van der Waals surface area contributed by atoms with Crippen LogP contribution in [0.2, 0.25) is 0 Å². The summed E-state index contributed by atoms with van der Waals surface area (Å²) < 4.78 is 33.6. The van der Waals surface area contributed by atoms with E-state index in [4.69, 9.17) is 28.4 Å². The summed E-state index contributed by atoms with van der Waals surface area (Å²) >= 11 is 0. The number of aryl methyl sites for hydroxylation is 1. The van der Waals surface area contributed by atoms with Crippen molar-refractivity contribution in [2.75, 3.05) is 39.6 Å². The largest absolute Gasteiger partial charge is 0.491 e. The maximum atomic E-state index is 6.00. The molecule has 3 aliphatic rings. The number of benzene rings is 3. The number of hydrogen-bond donors (Lipinski definition) is 0. The SMILES string of the molecule is C.CC.Cc1cc(C(C)(c2ccc(OCC3CO3)cc2)c2ccc(OCC3CO3)cc2)ccc1OCC1CO1. The summed E-state index contributed by atoms with van der Waals surface area (Å²) in [5, 5.41) is 0. The summed E-state index contributed by atoms with van der Waals surface area (Å²) in [6.07, 6.45) is 0.698. The van der Waals surface area contributed by atoms with Crippen molar-refractivity contribution in [2.45, 2.75) is 58.8 Å². The molecule has 3 heterocycles. The molecule has 39 heavy (non-hydrogen) atoms. The van der Waals surface area contributed by atoms with E-state index in [1.54, 1.807) is 0 Å². The first kappa shape index (κ1) is 28.9. The molecule has 0 aliphatic carbocycles. The van der Waals surface area contributed by atoms with Gasteiger partial charge in [-0.05, 0) is 66.4 Å². The van der Waals surface area contributed by atoms with E-state index in [0.717, 1.165) is 42.6 Å². The van der Waals surface area contributed by atoms with Gasteiger partial charge in [0, 0.05) is 5.41 Å². The van der Waals surface area contributed by atoms with Gasteiger partial charge >= 0.3 is 0 Å². The third-order valence-corrected chi connectivity index (χ3v) is 7.12. The van der Waals surface area contributed by atoms with E-state index < -0.39 is 0 Å². The Labute approximate surface area is 233 Å². The molecule has 0 bridgehead atoms. The van der Waals surface area contributed by atoms with Gasteiger partial charge in [0.2, 0.25) is 0 Å². The molecule has 3 aromatic carbocycles. The fourth-order valence-electron chi connectivity index (χ4n) is 4.45. The molecule has 0 N–H and O–H groups in total. The van der Waals surface area contributed by atoms with Crippen molar-refractivity contribution in [3.63, 3.8) is 0 Å². The lowest BCUT2D eigenvalue weighted by atomic mass is 9.71. The zero-order valence-electron chi connectivity index (χ0n) is 22.8. The predicted octanol–water partition coefficient (Wildman–Crippen LogP) is 6.34. The van der Waals surface area contributed by atoms with E-state index in [9.17, 15) is 0 Å². The topological polar surface area (TPSA) is 65.3 Å². The normalized spacial score (nSPS) is 21.8. The summed E-state index contributed by atoms with van der Waals surface area (Å²) in [5.74, 6) is 2.60. The van der Waals surface area contributed by atoms with Crippen LogP contribution in [-0.4, -0.2) is 58.0 Å². The molecule has 3 fully saturated rings. The van der Waals surface area contributed by atoms with Gasteiger partial charge in [0.25, 0.3) is 0 Å². The van der Waals surface area contributed by atoms with Crippen molar-refractivity contribution in [3.05, 3.63) is 89.0 Å². The van der Waals surface area contributed by atoms with Crippen LogP contribution in [0.1, 0.15) is 50.5 Å². The van der Waals surface area contributed by atoms with E-state index in [1.165, 1.54) is 16.7 Å². The number of epoxide rings is 3. The van der Waals surface area contributed by atoms with Gasteiger partial charge in [-0.3, -0.25) is 0 Å². The van der Waals surface area contributed by atoms with Gasteiger partial charge in [-0.1, -0.05) is 57.7 Å². The molecular weight excluding hydrogens is 492 g/mol. The van der Waals surface area contributed by atoms with E-state index in [-0.39, 0.29) is 31.2 Å². The van der Waals surface area contributed by atoms with Gasteiger partial charge in [0.05, 0.1) is 19.8 Å². The lowest BCUT2D eigenvalue weighted by Crippen LogP contribution is -2.25. The monoisotopic (exact) mass is 534 g/mol. The molecule has 6 nitrogen and oxygen atoms in total. The zero-order valence-corrected chi connectivity index (χ0v) is 22.8. The summed E-state index contributed by atoms with van der Waals surface area (Å²) in [7, 11) is 0. The third kappa shape index (κ3) is 7.33. The van der Waals surface area contributed by atoms with E-state index in [2.05, 4.69) is 56.3 Å². The van der Waals surface area contributed by atoms with Gasteiger partial charge in [0.1, 0.15) is 55.4 Å². The summed E-state index contributed by atoms with van der Waals surface area (Å²) in [4.78, 5) is 0. The first-order valence-corrected chi connectivity index (χ1v) is 13.6. The van der Waals surface area contributed by atoms with Crippen molar-refractivity contribution < 1.29 is 28.4 Å². The van der Waals surface area contributed by atoms with Crippen LogP contribution in [0, 0.1) is 6.92 Å². The highest BCUT2D eigenvalue weighted by Gasteiger charge is 2.32. The van der Waals surface area contributed by atoms with Gasteiger partial charge in [-0.25, -0.2) is 0 Å². The second-order valence-corrected chi connectivity index (χ2v) is 9.95. The third-order valence-electron chi connectivity index (χ3n) is 7.12. The molecule has 3 saturated heterocycles. The van der Waals surface area contributed by atoms with Crippen LogP contribution in [0.3, 0.4) is 0 Å². The Balaban J connectivity index is 0.00000115. The maximum absolute atomic E-state index is 6.00. The Morgan fingerprint density at radius 1 is 0.641 bits per heavy atom. The van der Waals surface area contributed by atoms with Crippen LogP contribution in [0.15, 0.2) is 66.7 Å². The van der Waals surface area contributed by atoms with Crippen molar-refractivity contribution >= 4 is 0 Å². The Hall–Kier alpha value is -3.06. The molecule has 210 valence electrons. The molecule has 0 amide bonds. The van der Waals surface area contributed by atoms with Gasteiger partial charge in [0.15, 0.2) is 0 Å². The number of rotatable bonds is 12. The number of hydrogen-bond acceptors (Lipinski definition) is 6. The summed E-state index contributed by atoms with van der Waals surface area (Å²) in [5.41, 5.74) is 4.26. The highest BCUT2D eigenvalue weighted by molar-refractivity contribution is 5.53. The van der Waals surface area contributed by atoms with Crippen molar-refractivity contribution in [3.8, 4) is 17.2 Å². The second kappa shape index (κ2) is 12.9. The van der Waals surface area contributed by atoms with Crippen LogP contribution in [-0.2, 0) is 19.6 Å². The van der Waals surface area contributed by atoms with Gasteiger partial charge in [-0.2, -0.15) is 0 Å². The fourth-order valence-corrected chi connectivity index (χ4v) is 4.45. The molecular formula is C33H42O6. The Bertz CT molecular complexity index is 1120. The highest BCUT2D eigenvalue weighted by Crippen LogP contribution is 2.41. The minimum Gasteiger partial charge on any atom is -0.491 e. The van der Waals surface area contributed by atoms with Gasteiger partial charge in [-0.15, -0.1) is 0 Å². The smallest absolute Gasteiger partial charge is 0.122 e. The molecule has 0 aromatic heterocycles. The number of ether oxygens (including phenoxy) is 6. The first-order chi connectivity index (χ1) is 18.6. The summed E-state index contributed by atoms with van der Waals surface area (Å²) in [6.45, 7) is 12.5. The molecule has 0 saturated carbocycles. The van der Waals surface area contributed by atoms with Crippen LogP contribution in [0.4, 0.5) is 0 Å². The molecule has 0 spiro atoms. The fraction of sp³-hybridized carbons (Fsp3) is 0.455. The molecule has 3 aromatic rings. The molecule has 3 atom stereocenters.